The Balaban J connectivity index is 1.77. The van der Waals surface area contributed by atoms with Gasteiger partial charge >= 0.3 is 5.97 Å². The third-order valence-corrected chi connectivity index (χ3v) is 5.16. The van der Waals surface area contributed by atoms with Crippen LogP contribution in [0.15, 0.2) is 12.2 Å². The van der Waals surface area contributed by atoms with Gasteiger partial charge in [0.25, 0.3) is 0 Å². The van der Waals surface area contributed by atoms with Crippen LogP contribution in [-0.4, -0.2) is 43.5 Å². The summed E-state index contributed by atoms with van der Waals surface area (Å²) in [4.78, 5) is 22.9. The lowest BCUT2D eigenvalue weighted by Crippen LogP contribution is -2.31. The highest BCUT2D eigenvalue weighted by molar-refractivity contribution is 5.69. The molecule has 2 rings (SSSR count). The molecule has 1 aliphatic carbocycles. The highest BCUT2D eigenvalue weighted by atomic mass is 19.1. The molecule has 0 bridgehead atoms. The van der Waals surface area contributed by atoms with E-state index in [0.29, 0.717) is 25.9 Å². The second kappa shape index (κ2) is 11.5. The number of allylic oxidation sites excluding steroid dienone is 2. The van der Waals surface area contributed by atoms with Crippen LogP contribution >= 0.6 is 0 Å². The quantitative estimate of drug-likeness (QED) is 0.245. The van der Waals surface area contributed by atoms with Gasteiger partial charge in [0.15, 0.2) is 6.29 Å². The van der Waals surface area contributed by atoms with E-state index >= 15 is 0 Å². The monoisotopic (exact) mass is 384 g/mol. The number of esters is 1. The molecule has 154 valence electrons. The van der Waals surface area contributed by atoms with Gasteiger partial charge in [-0.25, -0.2) is 4.39 Å². The number of rotatable bonds is 10. The number of carbonyl (C=O) groups is 2. The molecule has 27 heavy (non-hydrogen) atoms. The van der Waals surface area contributed by atoms with Gasteiger partial charge in [0.2, 0.25) is 0 Å². The first-order valence-electron chi connectivity index (χ1n) is 10.2. The van der Waals surface area contributed by atoms with Crippen molar-refractivity contribution in [2.45, 2.75) is 89.9 Å². The van der Waals surface area contributed by atoms with Gasteiger partial charge in [0.05, 0.1) is 18.1 Å². The molecule has 0 aromatic heterocycles. The fourth-order valence-electron chi connectivity index (χ4n) is 3.79. The summed E-state index contributed by atoms with van der Waals surface area (Å²) in [6, 6.07) is 0. The van der Waals surface area contributed by atoms with E-state index in [1.165, 1.54) is 0 Å². The zero-order valence-electron chi connectivity index (χ0n) is 16.5. The molecule has 5 nitrogen and oxygen atoms in total. The van der Waals surface area contributed by atoms with E-state index in [-0.39, 0.29) is 36.8 Å². The molecule has 1 saturated heterocycles. The lowest BCUT2D eigenvalue weighted by atomic mass is 9.91. The molecule has 2 aliphatic rings. The summed E-state index contributed by atoms with van der Waals surface area (Å²) in [5, 5.41) is 0. The lowest BCUT2D eigenvalue weighted by molar-refractivity contribution is -0.195. The van der Waals surface area contributed by atoms with Gasteiger partial charge in [-0.05, 0) is 52.4 Å². The molecule has 2 fully saturated rings. The Labute approximate surface area is 161 Å². The number of halogens is 1. The van der Waals surface area contributed by atoms with E-state index in [4.69, 9.17) is 14.2 Å². The van der Waals surface area contributed by atoms with Crippen LogP contribution in [0.4, 0.5) is 4.39 Å². The van der Waals surface area contributed by atoms with Crippen LogP contribution in [0.1, 0.15) is 65.2 Å². The lowest BCUT2D eigenvalue weighted by Gasteiger charge is -2.29. The fraction of sp³-hybridized carbons (Fsp3) is 0.810. The number of unbranched alkanes of at least 4 members (excludes halogenated alkanes) is 1. The van der Waals surface area contributed by atoms with Crippen molar-refractivity contribution in [2.75, 3.05) is 6.61 Å². The van der Waals surface area contributed by atoms with Crippen LogP contribution in [0.5, 0.6) is 0 Å². The molecule has 0 aromatic rings. The van der Waals surface area contributed by atoms with Crippen LogP contribution in [-0.2, 0) is 23.8 Å². The minimum Gasteiger partial charge on any atom is -0.463 e. The van der Waals surface area contributed by atoms with Crippen molar-refractivity contribution in [3.63, 3.8) is 0 Å². The van der Waals surface area contributed by atoms with Gasteiger partial charge in [-0.2, -0.15) is 0 Å². The number of alkyl halides is 1. The summed E-state index contributed by atoms with van der Waals surface area (Å²) in [5.74, 6) is -0.967. The molecular formula is C21H33FO5. The summed E-state index contributed by atoms with van der Waals surface area (Å²) < 4.78 is 30.9. The normalized spacial score (nSPS) is 31.5. The van der Waals surface area contributed by atoms with Crippen LogP contribution in [0.25, 0.3) is 0 Å². The molecule has 6 heteroatoms. The van der Waals surface area contributed by atoms with Crippen molar-refractivity contribution < 1.29 is 28.2 Å². The molecule has 1 unspecified atom stereocenters. The summed E-state index contributed by atoms with van der Waals surface area (Å²) in [6.07, 6.45) is 8.51. The van der Waals surface area contributed by atoms with Gasteiger partial charge in [-0.3, -0.25) is 4.79 Å². The van der Waals surface area contributed by atoms with E-state index in [1.54, 1.807) is 0 Å². The Morgan fingerprint density at radius 3 is 2.78 bits per heavy atom. The second-order valence-corrected chi connectivity index (χ2v) is 7.74. The average molecular weight is 384 g/mol. The Bertz CT molecular complexity index is 487. The van der Waals surface area contributed by atoms with Crippen molar-refractivity contribution in [1.29, 1.82) is 0 Å². The topological polar surface area (TPSA) is 61.8 Å². The standard InChI is InChI=1S/C21H33FO5/c1-15(2)26-20(24)10-6-4-3-5-9-16-17(14-23)18(22)13-19(16)27-21-11-7-8-12-25-21/h3,5,14-19,21H,4,6-13H2,1-2H3/b5-3-/t16-,17-,18+,19+,21?/m1/s1. The van der Waals surface area contributed by atoms with Crippen LogP contribution in [0.3, 0.4) is 0 Å². The maximum Gasteiger partial charge on any atom is 0.306 e. The Morgan fingerprint density at radius 2 is 2.11 bits per heavy atom. The van der Waals surface area contributed by atoms with E-state index in [1.807, 2.05) is 26.0 Å². The maximum atomic E-state index is 14.2. The molecule has 1 heterocycles. The first-order valence-corrected chi connectivity index (χ1v) is 10.2. The summed E-state index contributed by atoms with van der Waals surface area (Å²) >= 11 is 0. The largest absolute Gasteiger partial charge is 0.463 e. The molecule has 0 aromatic carbocycles. The van der Waals surface area contributed by atoms with Crippen molar-refractivity contribution in [3.8, 4) is 0 Å². The van der Waals surface area contributed by atoms with Crippen molar-refractivity contribution in [1.82, 2.24) is 0 Å². The zero-order chi connectivity index (χ0) is 19.6. The molecule has 0 N–H and O–H groups in total. The average Bonchev–Trinajstić information content (AvgIpc) is 2.92. The Hall–Kier alpha value is -1.27. The molecule has 0 spiro atoms. The Kier molecular flexibility index (Phi) is 9.42. The minimum atomic E-state index is -1.15. The molecule has 1 aliphatic heterocycles. The van der Waals surface area contributed by atoms with Crippen LogP contribution in [0.2, 0.25) is 0 Å². The number of carbonyl (C=O) groups excluding carboxylic acids is 2. The molecule has 1 saturated carbocycles. The predicted octanol–water partition coefficient (Wildman–Crippen LogP) is 4.14. The molecule has 0 radical (unpaired) electrons. The van der Waals surface area contributed by atoms with Gasteiger partial charge in [0, 0.05) is 25.4 Å². The minimum absolute atomic E-state index is 0.0885. The summed E-state index contributed by atoms with van der Waals surface area (Å²) in [6.45, 7) is 4.34. The molecular weight excluding hydrogens is 351 g/mol. The zero-order valence-corrected chi connectivity index (χ0v) is 16.5. The summed E-state index contributed by atoms with van der Waals surface area (Å²) in [7, 11) is 0. The first-order chi connectivity index (χ1) is 13.0. The number of aldehydes is 1. The smallest absolute Gasteiger partial charge is 0.306 e. The maximum absolute atomic E-state index is 14.2. The van der Waals surface area contributed by atoms with Gasteiger partial charge < -0.3 is 19.0 Å². The number of hydrogen-bond donors (Lipinski definition) is 0. The number of hydrogen-bond acceptors (Lipinski definition) is 5. The third kappa shape index (κ3) is 7.34. The van der Waals surface area contributed by atoms with Crippen molar-refractivity contribution in [3.05, 3.63) is 12.2 Å². The molecule has 5 atom stereocenters. The first kappa shape index (κ1) is 22.0. The van der Waals surface area contributed by atoms with Crippen LogP contribution in [0, 0.1) is 11.8 Å². The van der Waals surface area contributed by atoms with Crippen molar-refractivity contribution in [2.24, 2.45) is 11.8 Å². The van der Waals surface area contributed by atoms with Gasteiger partial charge in [0.1, 0.15) is 12.5 Å². The highest BCUT2D eigenvalue weighted by Crippen LogP contribution is 2.39. The summed E-state index contributed by atoms with van der Waals surface area (Å²) in [5.41, 5.74) is 0. The van der Waals surface area contributed by atoms with Gasteiger partial charge in [-0.1, -0.05) is 12.2 Å². The predicted molar refractivity (Wildman–Crippen MR) is 99.9 cm³/mol. The van der Waals surface area contributed by atoms with E-state index in [0.717, 1.165) is 32.0 Å². The van der Waals surface area contributed by atoms with Crippen molar-refractivity contribution >= 4 is 12.3 Å². The number of ether oxygens (including phenoxy) is 3. The third-order valence-electron chi connectivity index (χ3n) is 5.16. The van der Waals surface area contributed by atoms with Gasteiger partial charge in [-0.15, -0.1) is 0 Å². The van der Waals surface area contributed by atoms with E-state index in [9.17, 15) is 14.0 Å². The van der Waals surface area contributed by atoms with E-state index in [2.05, 4.69) is 0 Å². The molecule has 0 amide bonds. The highest BCUT2D eigenvalue weighted by Gasteiger charge is 2.44. The second-order valence-electron chi connectivity index (χ2n) is 7.74. The SMILES string of the molecule is CC(C)OC(=O)CCC/C=C\C[C@@H]1[C@@H](C=O)[C@@H](F)C[C@@H]1OC1CCCCO1. The fourth-order valence-corrected chi connectivity index (χ4v) is 3.79. The Morgan fingerprint density at radius 1 is 1.30 bits per heavy atom. The van der Waals surface area contributed by atoms with E-state index < -0.39 is 12.1 Å². The van der Waals surface area contributed by atoms with Crippen LogP contribution < -0.4 is 0 Å².